The molecule has 0 bridgehead atoms. The predicted octanol–water partition coefficient (Wildman–Crippen LogP) is 2.67. The smallest absolute Gasteiger partial charge is 0.270 e. The normalized spacial score (nSPS) is 10.0. The summed E-state index contributed by atoms with van der Waals surface area (Å²) in [6.07, 6.45) is 4.10. The quantitative estimate of drug-likeness (QED) is 0.686. The molecule has 1 aromatic carbocycles. The van der Waals surface area contributed by atoms with E-state index in [-0.39, 0.29) is 5.91 Å². The minimum absolute atomic E-state index is 0.211. The van der Waals surface area contributed by atoms with Gasteiger partial charge in [0, 0.05) is 13.1 Å². The molecule has 0 saturated heterocycles. The van der Waals surface area contributed by atoms with E-state index in [1.54, 1.807) is 32.6 Å². The van der Waals surface area contributed by atoms with Gasteiger partial charge in [0.1, 0.15) is 5.69 Å². The number of ether oxygens (including phenoxy) is 2. The molecule has 25 heavy (non-hydrogen) atoms. The highest BCUT2D eigenvalue weighted by atomic mass is 16.5. The van der Waals surface area contributed by atoms with Gasteiger partial charge in [-0.15, -0.1) is 6.58 Å². The lowest BCUT2D eigenvalue weighted by Gasteiger charge is -2.10. The number of hydrogen-bond acceptors (Lipinski definition) is 5. The van der Waals surface area contributed by atoms with Gasteiger partial charge in [-0.25, -0.2) is 4.98 Å². The number of nitrogens with one attached hydrogen (secondary N) is 2. The largest absolute Gasteiger partial charge is 0.493 e. The molecule has 2 N–H and O–H groups in total. The number of pyridine rings is 1. The second-order valence-electron chi connectivity index (χ2n) is 5.30. The van der Waals surface area contributed by atoms with E-state index in [1.807, 2.05) is 24.3 Å². The molecule has 6 nitrogen and oxygen atoms in total. The summed E-state index contributed by atoms with van der Waals surface area (Å²) in [5.74, 6) is 1.22. The maximum absolute atomic E-state index is 11.8. The number of carbonyl (C=O) groups is 1. The number of rotatable bonds is 9. The third kappa shape index (κ3) is 5.24. The summed E-state index contributed by atoms with van der Waals surface area (Å²) in [6, 6.07) is 9.40. The van der Waals surface area contributed by atoms with E-state index in [2.05, 4.69) is 22.2 Å². The van der Waals surface area contributed by atoms with E-state index >= 15 is 0 Å². The van der Waals surface area contributed by atoms with Crippen LogP contribution in [-0.4, -0.2) is 38.2 Å². The van der Waals surface area contributed by atoms with Gasteiger partial charge in [0.15, 0.2) is 11.5 Å². The van der Waals surface area contributed by atoms with Crippen molar-refractivity contribution in [3.8, 4) is 11.5 Å². The van der Waals surface area contributed by atoms with Crippen LogP contribution in [0.4, 0.5) is 5.69 Å². The lowest BCUT2D eigenvalue weighted by atomic mass is 10.1. The van der Waals surface area contributed by atoms with Crippen molar-refractivity contribution < 1.29 is 14.3 Å². The minimum Gasteiger partial charge on any atom is -0.493 e. The Morgan fingerprint density at radius 1 is 1.20 bits per heavy atom. The average molecular weight is 341 g/mol. The number of amides is 1. The molecule has 1 amide bonds. The molecular formula is C19H23N3O3. The van der Waals surface area contributed by atoms with Gasteiger partial charge >= 0.3 is 0 Å². The maximum atomic E-state index is 11.8. The summed E-state index contributed by atoms with van der Waals surface area (Å²) >= 11 is 0. The molecule has 1 aromatic heterocycles. The van der Waals surface area contributed by atoms with Gasteiger partial charge in [0.2, 0.25) is 0 Å². The molecule has 0 aliphatic heterocycles. The summed E-state index contributed by atoms with van der Waals surface area (Å²) in [5.41, 5.74) is 2.38. The molecule has 1 heterocycles. The zero-order valence-electron chi connectivity index (χ0n) is 14.5. The number of methoxy groups -OCH3 is 2. The van der Waals surface area contributed by atoms with Crippen LogP contribution in [0.3, 0.4) is 0 Å². The molecule has 0 atom stereocenters. The van der Waals surface area contributed by atoms with Crippen LogP contribution in [0.2, 0.25) is 0 Å². The SMILES string of the molecule is C=CCNC(=O)c1ccc(NCCc2ccc(OC)c(OC)c2)cn1. The predicted molar refractivity (Wildman–Crippen MR) is 98.5 cm³/mol. The molecule has 6 heteroatoms. The van der Waals surface area contributed by atoms with Crippen molar-refractivity contribution in [3.05, 3.63) is 60.4 Å². The van der Waals surface area contributed by atoms with Gasteiger partial charge in [-0.3, -0.25) is 4.79 Å². The summed E-state index contributed by atoms with van der Waals surface area (Å²) in [4.78, 5) is 15.9. The molecule has 0 fully saturated rings. The van der Waals surface area contributed by atoms with Gasteiger partial charge in [-0.05, 0) is 36.2 Å². The van der Waals surface area contributed by atoms with E-state index in [0.29, 0.717) is 18.0 Å². The number of nitrogens with zero attached hydrogens (tertiary/aromatic N) is 1. The van der Waals surface area contributed by atoms with Gasteiger partial charge in [0.25, 0.3) is 5.91 Å². The Morgan fingerprint density at radius 3 is 2.64 bits per heavy atom. The monoisotopic (exact) mass is 341 g/mol. The van der Waals surface area contributed by atoms with Crippen LogP contribution >= 0.6 is 0 Å². The fraction of sp³-hybridized carbons (Fsp3) is 0.263. The number of benzene rings is 1. The molecule has 0 aliphatic carbocycles. The molecule has 2 aromatic rings. The molecule has 132 valence electrons. The molecule has 0 aliphatic rings. The van der Waals surface area contributed by atoms with Gasteiger partial charge in [-0.1, -0.05) is 12.1 Å². The summed E-state index contributed by atoms with van der Waals surface area (Å²) in [6.45, 7) is 4.72. The van der Waals surface area contributed by atoms with Crippen LogP contribution in [0.5, 0.6) is 11.5 Å². The van der Waals surface area contributed by atoms with E-state index < -0.39 is 0 Å². The number of anilines is 1. The highest BCUT2D eigenvalue weighted by molar-refractivity contribution is 5.92. The van der Waals surface area contributed by atoms with Crippen molar-refractivity contribution in [1.82, 2.24) is 10.3 Å². The molecule has 0 saturated carbocycles. The van der Waals surface area contributed by atoms with Crippen LogP contribution in [0.25, 0.3) is 0 Å². The van der Waals surface area contributed by atoms with E-state index in [9.17, 15) is 4.79 Å². The van der Waals surface area contributed by atoms with Crippen molar-refractivity contribution in [2.45, 2.75) is 6.42 Å². The Kier molecular flexibility index (Phi) is 6.83. The zero-order chi connectivity index (χ0) is 18.1. The molecule has 0 unspecified atom stereocenters. The van der Waals surface area contributed by atoms with Gasteiger partial charge in [-0.2, -0.15) is 0 Å². The van der Waals surface area contributed by atoms with E-state index in [1.165, 1.54) is 0 Å². The Labute approximate surface area is 147 Å². The van der Waals surface area contributed by atoms with Crippen molar-refractivity contribution >= 4 is 11.6 Å². The zero-order valence-corrected chi connectivity index (χ0v) is 14.5. The molecule has 2 rings (SSSR count). The molecule has 0 spiro atoms. The van der Waals surface area contributed by atoms with Crippen LogP contribution < -0.4 is 20.1 Å². The maximum Gasteiger partial charge on any atom is 0.270 e. The first-order valence-electron chi connectivity index (χ1n) is 7.98. The highest BCUT2D eigenvalue weighted by Crippen LogP contribution is 2.27. The summed E-state index contributed by atoms with van der Waals surface area (Å²) in [7, 11) is 3.24. The van der Waals surface area contributed by atoms with Gasteiger partial charge in [0.05, 0.1) is 26.1 Å². The van der Waals surface area contributed by atoms with Crippen molar-refractivity contribution in [2.24, 2.45) is 0 Å². The second-order valence-corrected chi connectivity index (χ2v) is 5.30. The third-order valence-electron chi connectivity index (χ3n) is 3.59. The number of carbonyl (C=O) groups excluding carboxylic acids is 1. The average Bonchev–Trinajstić information content (AvgIpc) is 2.66. The first-order chi connectivity index (χ1) is 12.2. The topological polar surface area (TPSA) is 72.5 Å². The van der Waals surface area contributed by atoms with E-state index in [0.717, 1.165) is 30.0 Å². The lowest BCUT2D eigenvalue weighted by molar-refractivity contribution is 0.0953. The Hall–Kier alpha value is -3.02. The Morgan fingerprint density at radius 2 is 2.00 bits per heavy atom. The third-order valence-corrected chi connectivity index (χ3v) is 3.59. The van der Waals surface area contributed by atoms with Crippen LogP contribution in [0.15, 0.2) is 49.2 Å². The summed E-state index contributed by atoms with van der Waals surface area (Å²) in [5, 5.41) is 5.98. The first-order valence-corrected chi connectivity index (χ1v) is 7.98. The first kappa shape index (κ1) is 18.3. The van der Waals surface area contributed by atoms with Gasteiger partial charge < -0.3 is 20.1 Å². The Bertz CT molecular complexity index is 714. The molecular weight excluding hydrogens is 318 g/mol. The van der Waals surface area contributed by atoms with Crippen molar-refractivity contribution in [2.75, 3.05) is 32.6 Å². The van der Waals surface area contributed by atoms with Crippen LogP contribution in [0.1, 0.15) is 16.1 Å². The Balaban J connectivity index is 1.87. The van der Waals surface area contributed by atoms with Crippen LogP contribution in [0, 0.1) is 0 Å². The second kappa shape index (κ2) is 9.32. The van der Waals surface area contributed by atoms with Crippen LogP contribution in [-0.2, 0) is 6.42 Å². The fourth-order valence-electron chi connectivity index (χ4n) is 2.28. The highest BCUT2D eigenvalue weighted by Gasteiger charge is 2.06. The number of hydrogen-bond donors (Lipinski definition) is 2. The minimum atomic E-state index is -0.211. The molecule has 0 radical (unpaired) electrons. The lowest BCUT2D eigenvalue weighted by Crippen LogP contribution is -2.24. The van der Waals surface area contributed by atoms with Crippen molar-refractivity contribution in [3.63, 3.8) is 0 Å². The fourth-order valence-corrected chi connectivity index (χ4v) is 2.28. The number of aromatic nitrogens is 1. The summed E-state index contributed by atoms with van der Waals surface area (Å²) < 4.78 is 10.5. The van der Waals surface area contributed by atoms with E-state index in [4.69, 9.17) is 9.47 Å². The van der Waals surface area contributed by atoms with Crippen molar-refractivity contribution in [1.29, 1.82) is 0 Å². The standard InChI is InChI=1S/C19H23N3O3/c1-4-10-21-19(23)16-7-6-15(13-22-16)20-11-9-14-5-8-17(24-2)18(12-14)25-3/h4-8,12-13,20H,1,9-11H2,2-3H3,(H,21,23).